The molecule has 0 saturated heterocycles. The van der Waals surface area contributed by atoms with Gasteiger partial charge < -0.3 is 0 Å². The zero-order chi connectivity index (χ0) is 18.8. The number of pyridine rings is 1. The van der Waals surface area contributed by atoms with Crippen molar-refractivity contribution in [3.63, 3.8) is 0 Å². The van der Waals surface area contributed by atoms with Crippen LogP contribution in [0.4, 0.5) is 0 Å². The Hall–Kier alpha value is -3.51. The van der Waals surface area contributed by atoms with E-state index in [1.54, 1.807) is 67.0 Å². The van der Waals surface area contributed by atoms with Crippen LogP contribution in [-0.2, 0) is 0 Å². The lowest BCUT2D eigenvalue weighted by Crippen LogP contribution is -2.35. The third-order valence-corrected chi connectivity index (χ3v) is 4.29. The molecule has 4 aromatic rings. The highest BCUT2D eigenvalue weighted by atomic mass is 35.5. The second-order valence-electron chi connectivity index (χ2n) is 5.78. The number of carbonyl (C=O) groups is 1. The number of halogens is 1. The number of nitrogens with zero attached hydrogens (tertiary/aromatic N) is 3. The smallest absolute Gasteiger partial charge is 0.267 e. The number of para-hydroxylation sites is 1. The number of nitrogens with one attached hydrogen (secondary N) is 1. The molecular weight excluding hydrogens is 364 g/mol. The van der Waals surface area contributed by atoms with Crippen LogP contribution >= 0.6 is 11.6 Å². The van der Waals surface area contributed by atoms with Crippen LogP contribution in [-0.4, -0.2) is 20.6 Å². The van der Waals surface area contributed by atoms with Gasteiger partial charge in [0.05, 0.1) is 10.9 Å². The van der Waals surface area contributed by atoms with E-state index >= 15 is 0 Å². The van der Waals surface area contributed by atoms with Crippen LogP contribution in [0, 0.1) is 0 Å². The molecule has 0 atom stereocenters. The Kier molecular flexibility index (Phi) is 4.40. The van der Waals surface area contributed by atoms with E-state index in [0.717, 1.165) is 4.68 Å². The van der Waals surface area contributed by atoms with Crippen LogP contribution in [0.5, 0.6) is 0 Å². The summed E-state index contributed by atoms with van der Waals surface area (Å²) in [6.45, 7) is 0. The Balaban J connectivity index is 1.87. The average Bonchev–Trinajstić information content (AvgIpc) is 2.71. The molecule has 0 aliphatic rings. The van der Waals surface area contributed by atoms with Crippen LogP contribution < -0.4 is 11.0 Å². The number of aromatic nitrogens is 3. The van der Waals surface area contributed by atoms with Crippen molar-refractivity contribution in [1.82, 2.24) is 14.6 Å². The van der Waals surface area contributed by atoms with Gasteiger partial charge in [-0.15, -0.1) is 0 Å². The van der Waals surface area contributed by atoms with Gasteiger partial charge in [0.15, 0.2) is 5.82 Å². The van der Waals surface area contributed by atoms with Crippen molar-refractivity contribution in [2.45, 2.75) is 0 Å². The maximum atomic E-state index is 13.0. The fourth-order valence-corrected chi connectivity index (χ4v) is 2.82. The summed E-state index contributed by atoms with van der Waals surface area (Å²) in [6.07, 6.45) is 3.20. The van der Waals surface area contributed by atoms with E-state index < -0.39 is 5.91 Å². The predicted octanol–water partition coefficient (Wildman–Crippen LogP) is 3.50. The SMILES string of the molecule is O=C(Nn1c(-c2ccncc2)nc2ccccc2c1=O)c1ccc(Cl)cc1. The second kappa shape index (κ2) is 7.01. The Bertz CT molecular complexity index is 1190. The van der Waals surface area contributed by atoms with E-state index in [0.29, 0.717) is 32.9 Å². The summed E-state index contributed by atoms with van der Waals surface area (Å²) in [7, 11) is 0. The minimum atomic E-state index is -0.443. The molecule has 2 heterocycles. The first-order valence-electron chi connectivity index (χ1n) is 8.12. The highest BCUT2D eigenvalue weighted by molar-refractivity contribution is 6.30. The van der Waals surface area contributed by atoms with E-state index in [-0.39, 0.29) is 5.56 Å². The van der Waals surface area contributed by atoms with E-state index in [9.17, 15) is 9.59 Å². The molecule has 1 N–H and O–H groups in total. The Morgan fingerprint density at radius 2 is 1.67 bits per heavy atom. The molecule has 0 fully saturated rings. The lowest BCUT2D eigenvalue weighted by Gasteiger charge is -2.14. The minimum absolute atomic E-state index is 0.323. The van der Waals surface area contributed by atoms with E-state index in [1.165, 1.54) is 0 Å². The van der Waals surface area contributed by atoms with Crippen molar-refractivity contribution in [2.24, 2.45) is 0 Å². The summed E-state index contributed by atoms with van der Waals surface area (Å²) >= 11 is 5.87. The van der Waals surface area contributed by atoms with Gasteiger partial charge in [-0.3, -0.25) is 20.0 Å². The highest BCUT2D eigenvalue weighted by Gasteiger charge is 2.15. The van der Waals surface area contributed by atoms with Gasteiger partial charge in [-0.05, 0) is 48.5 Å². The first-order valence-corrected chi connectivity index (χ1v) is 8.50. The molecule has 0 bridgehead atoms. The van der Waals surface area contributed by atoms with Crippen molar-refractivity contribution in [1.29, 1.82) is 0 Å². The zero-order valence-electron chi connectivity index (χ0n) is 14.0. The van der Waals surface area contributed by atoms with Gasteiger partial charge in [0.2, 0.25) is 0 Å². The molecule has 0 spiro atoms. The van der Waals surface area contributed by atoms with E-state index in [4.69, 9.17) is 11.6 Å². The molecule has 1 amide bonds. The predicted molar refractivity (Wildman–Crippen MR) is 104 cm³/mol. The first-order chi connectivity index (χ1) is 13.1. The third kappa shape index (κ3) is 3.30. The molecule has 2 aromatic carbocycles. The van der Waals surface area contributed by atoms with Gasteiger partial charge in [-0.1, -0.05) is 23.7 Å². The number of fused-ring (bicyclic) bond motifs is 1. The number of benzene rings is 2. The second-order valence-corrected chi connectivity index (χ2v) is 6.21. The molecule has 0 radical (unpaired) electrons. The quantitative estimate of drug-likeness (QED) is 0.593. The van der Waals surface area contributed by atoms with Crippen LogP contribution in [0.2, 0.25) is 5.02 Å². The topological polar surface area (TPSA) is 76.9 Å². The van der Waals surface area contributed by atoms with Gasteiger partial charge in [0, 0.05) is 28.5 Å². The Morgan fingerprint density at radius 1 is 0.963 bits per heavy atom. The largest absolute Gasteiger partial charge is 0.280 e. The third-order valence-electron chi connectivity index (χ3n) is 4.03. The Morgan fingerprint density at radius 3 is 2.41 bits per heavy atom. The number of carbonyl (C=O) groups excluding carboxylic acids is 1. The molecule has 0 saturated carbocycles. The molecule has 0 aliphatic carbocycles. The van der Waals surface area contributed by atoms with Crippen molar-refractivity contribution in [3.8, 4) is 11.4 Å². The standard InChI is InChI=1S/C20H13ClN4O2/c21-15-7-5-14(6-8-15)19(26)24-25-18(13-9-11-22-12-10-13)23-17-4-2-1-3-16(17)20(25)27/h1-12H,(H,24,26). The van der Waals surface area contributed by atoms with Crippen LogP contribution in [0.15, 0.2) is 77.9 Å². The molecule has 7 heteroatoms. The summed E-state index contributed by atoms with van der Waals surface area (Å²) in [6, 6.07) is 16.8. The average molecular weight is 377 g/mol. The monoisotopic (exact) mass is 376 g/mol. The molecule has 4 rings (SSSR count). The summed E-state index contributed by atoms with van der Waals surface area (Å²) in [5.74, 6) is -0.121. The molecular formula is C20H13ClN4O2. The number of rotatable bonds is 3. The van der Waals surface area contributed by atoms with Gasteiger partial charge in [-0.2, -0.15) is 4.68 Å². The first kappa shape index (κ1) is 16.9. The van der Waals surface area contributed by atoms with Crippen molar-refractivity contribution >= 4 is 28.4 Å². The van der Waals surface area contributed by atoms with Gasteiger partial charge in [-0.25, -0.2) is 4.98 Å². The van der Waals surface area contributed by atoms with Crippen molar-refractivity contribution in [3.05, 3.63) is 94.0 Å². The minimum Gasteiger partial charge on any atom is -0.267 e. The molecule has 0 unspecified atom stereocenters. The highest BCUT2D eigenvalue weighted by Crippen LogP contribution is 2.17. The molecule has 6 nitrogen and oxygen atoms in total. The summed E-state index contributed by atoms with van der Waals surface area (Å²) in [5.41, 5.74) is 3.86. The van der Waals surface area contributed by atoms with Crippen LogP contribution in [0.1, 0.15) is 10.4 Å². The van der Waals surface area contributed by atoms with Gasteiger partial charge in [0.1, 0.15) is 0 Å². The summed E-state index contributed by atoms with van der Waals surface area (Å²) in [4.78, 5) is 34.2. The number of amides is 1. The van der Waals surface area contributed by atoms with Crippen LogP contribution in [0.3, 0.4) is 0 Å². The maximum Gasteiger partial charge on any atom is 0.280 e. The number of hydrogen-bond donors (Lipinski definition) is 1. The fourth-order valence-electron chi connectivity index (χ4n) is 2.70. The normalized spacial score (nSPS) is 10.7. The summed E-state index contributed by atoms with van der Waals surface area (Å²) < 4.78 is 1.16. The van der Waals surface area contributed by atoms with Crippen molar-refractivity contribution in [2.75, 3.05) is 5.43 Å². The lowest BCUT2D eigenvalue weighted by molar-refractivity contribution is 0.101. The van der Waals surface area contributed by atoms with E-state index in [1.807, 2.05) is 6.07 Å². The lowest BCUT2D eigenvalue weighted by atomic mass is 10.2. The molecule has 27 heavy (non-hydrogen) atoms. The summed E-state index contributed by atoms with van der Waals surface area (Å²) in [5, 5.41) is 0.931. The zero-order valence-corrected chi connectivity index (χ0v) is 14.7. The Labute approximate surface area is 159 Å². The maximum absolute atomic E-state index is 13.0. The van der Waals surface area contributed by atoms with E-state index in [2.05, 4.69) is 15.4 Å². The fraction of sp³-hybridized carbons (Fsp3) is 0. The van der Waals surface area contributed by atoms with Gasteiger partial charge >= 0.3 is 0 Å². The molecule has 132 valence electrons. The molecule has 2 aromatic heterocycles. The molecule has 0 aliphatic heterocycles. The number of hydrogen-bond acceptors (Lipinski definition) is 4. The van der Waals surface area contributed by atoms with Crippen molar-refractivity contribution < 1.29 is 4.79 Å². The van der Waals surface area contributed by atoms with Crippen LogP contribution in [0.25, 0.3) is 22.3 Å². The van der Waals surface area contributed by atoms with Gasteiger partial charge in [0.25, 0.3) is 11.5 Å².